The number of hydrogen-bond acceptors (Lipinski definition) is 3. The van der Waals surface area contributed by atoms with Crippen LogP contribution in [0.5, 0.6) is 0 Å². The molecule has 1 amide bonds. The molecule has 1 fully saturated rings. The van der Waals surface area contributed by atoms with Gasteiger partial charge in [0.15, 0.2) is 0 Å². The zero-order chi connectivity index (χ0) is 14.9. The molecular formula is C14H22BrN3O2. The van der Waals surface area contributed by atoms with Gasteiger partial charge < -0.3 is 14.2 Å². The molecule has 1 saturated heterocycles. The predicted molar refractivity (Wildman–Crippen MR) is 80.6 cm³/mol. The molecule has 0 aromatic carbocycles. The smallest absolute Gasteiger partial charge is 0.410 e. The van der Waals surface area contributed by atoms with Crippen molar-refractivity contribution in [3.8, 4) is 0 Å². The SMILES string of the molecule is CC1CN(C(=O)OC(C)(C)C)CCC1n1cnc(Br)c1. The molecule has 1 aromatic heterocycles. The fourth-order valence-corrected chi connectivity index (χ4v) is 2.89. The van der Waals surface area contributed by atoms with Crippen LogP contribution in [0.4, 0.5) is 4.79 Å². The lowest BCUT2D eigenvalue weighted by molar-refractivity contribution is 0.0125. The number of imidazole rings is 1. The number of carbonyl (C=O) groups excluding carboxylic acids is 1. The van der Waals surface area contributed by atoms with E-state index in [1.807, 2.05) is 33.3 Å². The number of halogens is 1. The van der Waals surface area contributed by atoms with Crippen LogP contribution in [-0.2, 0) is 4.74 Å². The fourth-order valence-electron chi connectivity index (χ4n) is 2.56. The topological polar surface area (TPSA) is 47.4 Å². The Labute approximate surface area is 128 Å². The van der Waals surface area contributed by atoms with Gasteiger partial charge in [-0.25, -0.2) is 9.78 Å². The van der Waals surface area contributed by atoms with Crippen LogP contribution in [0.25, 0.3) is 0 Å². The van der Waals surface area contributed by atoms with Gasteiger partial charge in [-0.1, -0.05) is 6.92 Å². The Hall–Kier alpha value is -1.04. The van der Waals surface area contributed by atoms with Crippen LogP contribution in [-0.4, -0.2) is 39.2 Å². The normalized spacial score (nSPS) is 23.8. The summed E-state index contributed by atoms with van der Waals surface area (Å²) in [4.78, 5) is 18.1. The molecule has 6 heteroatoms. The van der Waals surface area contributed by atoms with E-state index in [0.29, 0.717) is 12.0 Å². The molecule has 0 spiro atoms. The molecule has 20 heavy (non-hydrogen) atoms. The molecule has 2 rings (SSSR count). The Morgan fingerprint density at radius 3 is 2.70 bits per heavy atom. The van der Waals surface area contributed by atoms with Crippen molar-refractivity contribution in [2.75, 3.05) is 13.1 Å². The average molecular weight is 344 g/mol. The Balaban J connectivity index is 1.97. The number of carbonyl (C=O) groups is 1. The van der Waals surface area contributed by atoms with Gasteiger partial charge in [-0.2, -0.15) is 0 Å². The molecule has 1 aliphatic rings. The number of hydrogen-bond donors (Lipinski definition) is 0. The number of rotatable bonds is 1. The average Bonchev–Trinajstić information content (AvgIpc) is 2.73. The molecule has 2 atom stereocenters. The molecule has 2 heterocycles. The zero-order valence-electron chi connectivity index (χ0n) is 12.5. The first-order chi connectivity index (χ1) is 9.26. The van der Waals surface area contributed by atoms with Crippen LogP contribution < -0.4 is 0 Å². The van der Waals surface area contributed by atoms with E-state index in [0.717, 1.165) is 24.1 Å². The molecule has 0 saturated carbocycles. The third kappa shape index (κ3) is 3.75. The van der Waals surface area contributed by atoms with Crippen molar-refractivity contribution in [3.63, 3.8) is 0 Å². The molecule has 1 aromatic rings. The summed E-state index contributed by atoms with van der Waals surface area (Å²) in [6, 6.07) is 0.382. The third-order valence-electron chi connectivity index (χ3n) is 3.46. The van der Waals surface area contributed by atoms with Gasteiger partial charge in [-0.3, -0.25) is 0 Å². The minimum atomic E-state index is -0.438. The van der Waals surface area contributed by atoms with Crippen LogP contribution in [0.3, 0.4) is 0 Å². The first kappa shape index (κ1) is 15.4. The molecular weight excluding hydrogens is 322 g/mol. The quantitative estimate of drug-likeness (QED) is 0.784. The largest absolute Gasteiger partial charge is 0.444 e. The number of nitrogens with zero attached hydrogens (tertiary/aromatic N) is 3. The van der Waals surface area contributed by atoms with Crippen molar-refractivity contribution < 1.29 is 9.53 Å². The summed E-state index contributed by atoms with van der Waals surface area (Å²) in [5.41, 5.74) is -0.438. The second-order valence-electron chi connectivity index (χ2n) is 6.40. The van der Waals surface area contributed by atoms with E-state index in [4.69, 9.17) is 4.74 Å². The van der Waals surface area contributed by atoms with Gasteiger partial charge in [-0.15, -0.1) is 0 Å². The van der Waals surface area contributed by atoms with Crippen molar-refractivity contribution in [2.24, 2.45) is 5.92 Å². The summed E-state index contributed by atoms with van der Waals surface area (Å²) in [5, 5.41) is 0. The highest BCUT2D eigenvalue weighted by molar-refractivity contribution is 9.10. The van der Waals surface area contributed by atoms with Crippen molar-refractivity contribution in [1.82, 2.24) is 14.5 Å². The maximum atomic E-state index is 12.1. The second kappa shape index (κ2) is 5.76. The Bertz CT molecular complexity index is 481. The lowest BCUT2D eigenvalue weighted by atomic mass is 9.94. The maximum absolute atomic E-state index is 12.1. The van der Waals surface area contributed by atoms with Crippen molar-refractivity contribution in [3.05, 3.63) is 17.1 Å². The molecule has 5 nitrogen and oxygen atoms in total. The van der Waals surface area contributed by atoms with Crippen LogP contribution in [0, 0.1) is 5.92 Å². The Morgan fingerprint density at radius 2 is 2.20 bits per heavy atom. The van der Waals surface area contributed by atoms with E-state index in [1.165, 1.54) is 0 Å². The van der Waals surface area contributed by atoms with E-state index < -0.39 is 5.60 Å². The third-order valence-corrected chi connectivity index (χ3v) is 3.87. The predicted octanol–water partition coefficient (Wildman–Crippen LogP) is 3.46. The van der Waals surface area contributed by atoms with Gasteiger partial charge in [0, 0.05) is 25.3 Å². The number of ether oxygens (including phenoxy) is 1. The molecule has 0 N–H and O–H groups in total. The summed E-state index contributed by atoms with van der Waals surface area (Å²) in [6.45, 7) is 9.28. The monoisotopic (exact) mass is 343 g/mol. The highest BCUT2D eigenvalue weighted by Crippen LogP contribution is 2.29. The minimum absolute atomic E-state index is 0.213. The first-order valence-corrected chi connectivity index (χ1v) is 7.72. The second-order valence-corrected chi connectivity index (χ2v) is 7.22. The molecule has 2 unspecified atom stereocenters. The number of piperidine rings is 1. The summed E-state index contributed by atoms with van der Waals surface area (Å²) in [7, 11) is 0. The van der Waals surface area contributed by atoms with Crippen molar-refractivity contribution in [2.45, 2.75) is 45.8 Å². The molecule has 0 aliphatic carbocycles. The fraction of sp³-hybridized carbons (Fsp3) is 0.714. The summed E-state index contributed by atoms with van der Waals surface area (Å²) >= 11 is 3.37. The molecule has 1 aliphatic heterocycles. The lowest BCUT2D eigenvalue weighted by Gasteiger charge is -2.38. The molecule has 0 bridgehead atoms. The van der Waals surface area contributed by atoms with Gasteiger partial charge in [0.1, 0.15) is 10.2 Å². The van der Waals surface area contributed by atoms with Crippen LogP contribution in [0.1, 0.15) is 40.2 Å². The van der Waals surface area contributed by atoms with Gasteiger partial charge >= 0.3 is 6.09 Å². The van der Waals surface area contributed by atoms with Crippen LogP contribution >= 0.6 is 15.9 Å². The van der Waals surface area contributed by atoms with Gasteiger partial charge in [0.25, 0.3) is 0 Å². The van der Waals surface area contributed by atoms with E-state index in [2.05, 4.69) is 32.4 Å². The van der Waals surface area contributed by atoms with Crippen LogP contribution in [0.2, 0.25) is 0 Å². The lowest BCUT2D eigenvalue weighted by Crippen LogP contribution is -2.45. The highest BCUT2D eigenvalue weighted by atomic mass is 79.9. The first-order valence-electron chi connectivity index (χ1n) is 6.93. The summed E-state index contributed by atoms with van der Waals surface area (Å²) in [6.07, 6.45) is 4.54. The van der Waals surface area contributed by atoms with Crippen molar-refractivity contribution in [1.29, 1.82) is 0 Å². The molecule has 0 radical (unpaired) electrons. The van der Waals surface area contributed by atoms with E-state index in [9.17, 15) is 4.79 Å². The van der Waals surface area contributed by atoms with E-state index >= 15 is 0 Å². The van der Waals surface area contributed by atoms with Gasteiger partial charge in [-0.05, 0) is 49.0 Å². The highest BCUT2D eigenvalue weighted by Gasteiger charge is 2.31. The minimum Gasteiger partial charge on any atom is -0.444 e. The number of likely N-dealkylation sites (tertiary alicyclic amines) is 1. The number of aromatic nitrogens is 2. The molecule has 112 valence electrons. The number of amides is 1. The maximum Gasteiger partial charge on any atom is 0.410 e. The summed E-state index contributed by atoms with van der Waals surface area (Å²) < 4.78 is 8.40. The summed E-state index contributed by atoms with van der Waals surface area (Å²) in [5.74, 6) is 0.373. The van der Waals surface area contributed by atoms with Crippen LogP contribution in [0.15, 0.2) is 17.1 Å². The van der Waals surface area contributed by atoms with Gasteiger partial charge in [0.2, 0.25) is 0 Å². The van der Waals surface area contributed by atoms with Gasteiger partial charge in [0.05, 0.1) is 6.33 Å². The standard InChI is InChI=1S/C14H22BrN3O2/c1-10-7-17(13(19)20-14(2,3)4)6-5-11(10)18-8-12(15)16-9-18/h8-11H,5-7H2,1-4H3. The van der Waals surface area contributed by atoms with Crippen molar-refractivity contribution >= 4 is 22.0 Å². The van der Waals surface area contributed by atoms with E-state index in [-0.39, 0.29) is 6.09 Å². The zero-order valence-corrected chi connectivity index (χ0v) is 14.1. The van der Waals surface area contributed by atoms with E-state index in [1.54, 1.807) is 4.90 Å². The Kier molecular flexibility index (Phi) is 4.42. The Morgan fingerprint density at radius 1 is 1.50 bits per heavy atom.